The van der Waals surface area contributed by atoms with Crippen molar-refractivity contribution in [1.82, 2.24) is 0 Å². The fourth-order valence-electron chi connectivity index (χ4n) is 1.10. The molecule has 1 heteroatoms. The summed E-state index contributed by atoms with van der Waals surface area (Å²) in [5.41, 5.74) is 6.57. The molecule has 0 aromatic carbocycles. The molecule has 0 heterocycles. The lowest BCUT2D eigenvalue weighted by Crippen LogP contribution is -2.27. The summed E-state index contributed by atoms with van der Waals surface area (Å²) < 4.78 is 0. The predicted molar refractivity (Wildman–Crippen MR) is 56.1 cm³/mol. The molecule has 0 aliphatic heterocycles. The molecule has 0 aliphatic rings. The number of hydrogen-bond acceptors (Lipinski definition) is 1. The Labute approximate surface area is 77.7 Å². The molecule has 0 rings (SSSR count). The van der Waals surface area contributed by atoms with Gasteiger partial charge in [-0.15, -0.1) is 0 Å². The van der Waals surface area contributed by atoms with E-state index in [0.717, 1.165) is 6.54 Å². The molecule has 0 amide bonds. The Bertz CT molecular complexity index is 117. The highest BCUT2D eigenvalue weighted by atomic mass is 14.6. The Morgan fingerprint density at radius 1 is 1.00 bits per heavy atom. The summed E-state index contributed by atoms with van der Waals surface area (Å²) in [6.07, 6.45) is 3.72. The Balaban J connectivity index is 3.89. The van der Waals surface area contributed by atoms with Crippen LogP contribution in [0.4, 0.5) is 0 Å². The van der Waals surface area contributed by atoms with Gasteiger partial charge >= 0.3 is 0 Å². The lowest BCUT2D eigenvalue weighted by Gasteiger charge is -2.30. The normalized spacial score (nSPS) is 17.5. The minimum Gasteiger partial charge on any atom is -0.330 e. The van der Waals surface area contributed by atoms with E-state index in [4.69, 9.17) is 5.73 Å². The van der Waals surface area contributed by atoms with Gasteiger partial charge in [0.05, 0.1) is 0 Å². The van der Waals surface area contributed by atoms with Crippen molar-refractivity contribution in [3.8, 4) is 0 Å². The van der Waals surface area contributed by atoms with Crippen LogP contribution < -0.4 is 5.73 Å². The van der Waals surface area contributed by atoms with E-state index in [-0.39, 0.29) is 0 Å². The molecule has 0 aliphatic carbocycles. The molecule has 1 atom stereocenters. The molecule has 0 saturated carbocycles. The zero-order valence-electron chi connectivity index (χ0n) is 9.41. The number of hydrogen-bond donors (Lipinski definition) is 1. The first-order chi connectivity index (χ1) is 5.33. The molecule has 0 radical (unpaired) electrons. The third-order valence-corrected chi connectivity index (χ3v) is 2.82. The predicted octanol–water partition coefficient (Wildman–Crippen LogP) is 3.19. The van der Waals surface area contributed by atoms with E-state index in [1.165, 1.54) is 19.3 Å². The van der Waals surface area contributed by atoms with E-state index in [1.807, 2.05) is 0 Å². The van der Waals surface area contributed by atoms with Crippen LogP contribution in [-0.2, 0) is 0 Å². The minimum absolute atomic E-state index is 0.368. The van der Waals surface area contributed by atoms with E-state index >= 15 is 0 Å². The number of nitrogens with two attached hydrogens (primary N) is 1. The van der Waals surface area contributed by atoms with Crippen LogP contribution in [0, 0.1) is 10.8 Å². The average Bonchev–Trinajstić information content (AvgIpc) is 1.99. The molecule has 12 heavy (non-hydrogen) atoms. The van der Waals surface area contributed by atoms with Crippen molar-refractivity contribution in [1.29, 1.82) is 0 Å². The van der Waals surface area contributed by atoms with E-state index in [1.54, 1.807) is 0 Å². The molecule has 1 unspecified atom stereocenters. The largest absolute Gasteiger partial charge is 0.330 e. The van der Waals surface area contributed by atoms with E-state index < -0.39 is 0 Å². The molecular formula is C11H25N. The summed E-state index contributed by atoms with van der Waals surface area (Å²) in [5.74, 6) is 0. The third-order valence-electron chi connectivity index (χ3n) is 2.82. The summed E-state index contributed by atoms with van der Waals surface area (Å²) in [6, 6.07) is 0. The molecule has 0 aromatic heterocycles. The van der Waals surface area contributed by atoms with Crippen molar-refractivity contribution < 1.29 is 0 Å². The second-order valence-electron chi connectivity index (χ2n) is 5.43. The fraction of sp³-hybridized carbons (Fsp3) is 1.00. The lowest BCUT2D eigenvalue weighted by atomic mass is 9.77. The van der Waals surface area contributed by atoms with Gasteiger partial charge in [0.15, 0.2) is 0 Å². The zero-order valence-corrected chi connectivity index (χ0v) is 9.41. The van der Waals surface area contributed by atoms with Crippen LogP contribution in [0.15, 0.2) is 0 Å². The van der Waals surface area contributed by atoms with Gasteiger partial charge in [0.25, 0.3) is 0 Å². The summed E-state index contributed by atoms with van der Waals surface area (Å²) >= 11 is 0. The Hall–Kier alpha value is -0.0400. The van der Waals surface area contributed by atoms with Gasteiger partial charge < -0.3 is 5.73 Å². The topological polar surface area (TPSA) is 26.0 Å². The van der Waals surface area contributed by atoms with Crippen LogP contribution in [0.25, 0.3) is 0 Å². The maximum Gasteiger partial charge on any atom is -0.00233 e. The van der Waals surface area contributed by atoms with Crippen molar-refractivity contribution in [3.63, 3.8) is 0 Å². The van der Waals surface area contributed by atoms with Crippen molar-refractivity contribution >= 4 is 0 Å². The van der Waals surface area contributed by atoms with Gasteiger partial charge in [-0.3, -0.25) is 0 Å². The molecule has 74 valence electrons. The van der Waals surface area contributed by atoms with E-state index in [9.17, 15) is 0 Å². The van der Waals surface area contributed by atoms with Gasteiger partial charge in [-0.05, 0) is 36.6 Å². The highest BCUT2D eigenvalue weighted by Gasteiger charge is 2.22. The highest BCUT2D eigenvalue weighted by molar-refractivity contribution is 4.76. The fourth-order valence-corrected chi connectivity index (χ4v) is 1.10. The molecule has 0 aromatic rings. The first-order valence-electron chi connectivity index (χ1n) is 5.03. The highest BCUT2D eigenvalue weighted by Crippen LogP contribution is 2.32. The smallest absolute Gasteiger partial charge is 0.00233 e. The average molecular weight is 171 g/mol. The first kappa shape index (κ1) is 12.0. The van der Waals surface area contributed by atoms with Gasteiger partial charge in [0.1, 0.15) is 0 Å². The van der Waals surface area contributed by atoms with Crippen LogP contribution in [-0.4, -0.2) is 6.54 Å². The molecular weight excluding hydrogens is 146 g/mol. The first-order valence-corrected chi connectivity index (χ1v) is 5.03. The van der Waals surface area contributed by atoms with Crippen molar-refractivity contribution in [2.45, 2.75) is 53.9 Å². The van der Waals surface area contributed by atoms with Crippen LogP contribution >= 0.6 is 0 Å². The van der Waals surface area contributed by atoms with Gasteiger partial charge in [-0.1, -0.05) is 34.6 Å². The van der Waals surface area contributed by atoms with Gasteiger partial charge in [-0.2, -0.15) is 0 Å². The lowest BCUT2D eigenvalue weighted by molar-refractivity contribution is 0.234. The van der Waals surface area contributed by atoms with Gasteiger partial charge in [-0.25, -0.2) is 0 Å². The summed E-state index contributed by atoms with van der Waals surface area (Å²) in [4.78, 5) is 0. The van der Waals surface area contributed by atoms with Crippen molar-refractivity contribution in [2.24, 2.45) is 16.6 Å². The maximum atomic E-state index is 5.75. The zero-order chi connectivity index (χ0) is 9.83. The van der Waals surface area contributed by atoms with Crippen molar-refractivity contribution in [3.05, 3.63) is 0 Å². The third kappa shape index (κ3) is 4.76. The van der Waals surface area contributed by atoms with Crippen LogP contribution in [0.1, 0.15) is 53.9 Å². The standard InChI is InChI=1S/C11H25N/c1-6-11(5,9-12)8-7-10(2,3)4/h6-9,12H2,1-5H3. The Morgan fingerprint density at radius 2 is 1.50 bits per heavy atom. The molecule has 0 bridgehead atoms. The Kier molecular flexibility index (Phi) is 4.25. The Morgan fingerprint density at radius 3 is 1.75 bits per heavy atom. The SMILES string of the molecule is CCC(C)(CN)CCC(C)(C)C. The summed E-state index contributed by atoms with van der Waals surface area (Å²) in [6.45, 7) is 12.2. The van der Waals surface area contributed by atoms with E-state index in [2.05, 4.69) is 34.6 Å². The quantitative estimate of drug-likeness (QED) is 0.690. The summed E-state index contributed by atoms with van der Waals surface area (Å²) in [5, 5.41) is 0. The second-order valence-corrected chi connectivity index (χ2v) is 5.43. The van der Waals surface area contributed by atoms with Crippen LogP contribution in [0.5, 0.6) is 0 Å². The minimum atomic E-state index is 0.368. The van der Waals surface area contributed by atoms with Crippen molar-refractivity contribution in [2.75, 3.05) is 6.54 Å². The van der Waals surface area contributed by atoms with Gasteiger partial charge in [0, 0.05) is 0 Å². The van der Waals surface area contributed by atoms with Crippen LogP contribution in [0.3, 0.4) is 0 Å². The molecule has 0 fully saturated rings. The second kappa shape index (κ2) is 4.27. The molecule has 0 saturated heterocycles. The molecule has 1 nitrogen and oxygen atoms in total. The summed E-state index contributed by atoms with van der Waals surface area (Å²) in [7, 11) is 0. The van der Waals surface area contributed by atoms with Gasteiger partial charge in [0.2, 0.25) is 0 Å². The molecule has 2 N–H and O–H groups in total. The monoisotopic (exact) mass is 171 g/mol. The maximum absolute atomic E-state index is 5.75. The molecule has 0 spiro atoms. The number of rotatable bonds is 4. The van der Waals surface area contributed by atoms with Crippen LogP contribution in [0.2, 0.25) is 0 Å². The van der Waals surface area contributed by atoms with E-state index in [0.29, 0.717) is 10.8 Å².